The Morgan fingerprint density at radius 3 is 1.94 bits per heavy atom. The van der Waals surface area contributed by atoms with E-state index in [0.29, 0.717) is 5.56 Å². The van der Waals surface area contributed by atoms with E-state index in [1.54, 1.807) is 0 Å². The van der Waals surface area contributed by atoms with Crippen LogP contribution in [-0.2, 0) is 4.79 Å². The number of carboxylic acids is 1. The minimum Gasteiger partial charge on any atom is -0.480 e. The molecule has 2 N–H and O–H groups in total. The molecule has 0 aliphatic heterocycles. The molecular formula is C14H19NO3. The predicted octanol–water partition coefficient (Wildman–Crippen LogP) is 2.20. The second-order valence-electron chi connectivity index (χ2n) is 5.16. The third-order valence-electron chi connectivity index (χ3n) is 2.86. The van der Waals surface area contributed by atoms with Crippen LogP contribution in [0.25, 0.3) is 0 Å². The van der Waals surface area contributed by atoms with Crippen LogP contribution in [0, 0.1) is 20.8 Å². The standard InChI is InChI=1S/C14H19NO3/c1-8-6-9(2)11(10(3)7-8)12(16)15-14(4,5)13(17)18/h6-7H,1-5H3,(H,15,16)(H,17,18). The van der Waals surface area contributed by atoms with Crippen molar-refractivity contribution in [3.8, 4) is 0 Å². The highest BCUT2D eigenvalue weighted by atomic mass is 16.4. The van der Waals surface area contributed by atoms with Crippen molar-refractivity contribution in [1.82, 2.24) is 5.32 Å². The summed E-state index contributed by atoms with van der Waals surface area (Å²) in [6.45, 7) is 8.59. The Balaban J connectivity index is 3.10. The molecule has 0 spiro atoms. The lowest BCUT2D eigenvalue weighted by atomic mass is 9.97. The summed E-state index contributed by atoms with van der Waals surface area (Å²) in [6, 6.07) is 3.82. The van der Waals surface area contributed by atoms with Crippen molar-refractivity contribution in [2.24, 2.45) is 0 Å². The summed E-state index contributed by atoms with van der Waals surface area (Å²) in [5.74, 6) is -1.41. The summed E-state index contributed by atoms with van der Waals surface area (Å²) in [5.41, 5.74) is 2.06. The van der Waals surface area contributed by atoms with E-state index in [1.807, 2.05) is 32.9 Å². The number of carbonyl (C=O) groups excluding carboxylic acids is 1. The summed E-state index contributed by atoms with van der Waals surface area (Å²) < 4.78 is 0. The minimum atomic E-state index is -1.28. The average molecular weight is 249 g/mol. The second-order valence-corrected chi connectivity index (χ2v) is 5.16. The van der Waals surface area contributed by atoms with E-state index >= 15 is 0 Å². The number of rotatable bonds is 3. The van der Waals surface area contributed by atoms with Crippen LogP contribution in [0.2, 0.25) is 0 Å². The predicted molar refractivity (Wildman–Crippen MR) is 69.8 cm³/mol. The topological polar surface area (TPSA) is 66.4 Å². The van der Waals surface area contributed by atoms with Gasteiger partial charge in [-0.2, -0.15) is 0 Å². The Morgan fingerprint density at radius 2 is 1.56 bits per heavy atom. The zero-order valence-electron chi connectivity index (χ0n) is 11.4. The van der Waals surface area contributed by atoms with Crippen LogP contribution in [0.3, 0.4) is 0 Å². The molecule has 0 radical (unpaired) electrons. The first kappa shape index (κ1) is 14.2. The molecule has 1 rings (SSSR count). The van der Waals surface area contributed by atoms with Gasteiger partial charge in [-0.05, 0) is 45.7 Å². The van der Waals surface area contributed by atoms with Gasteiger partial charge in [0.2, 0.25) is 0 Å². The van der Waals surface area contributed by atoms with E-state index < -0.39 is 11.5 Å². The maximum absolute atomic E-state index is 12.1. The van der Waals surface area contributed by atoms with Gasteiger partial charge in [-0.25, -0.2) is 4.79 Å². The molecule has 1 amide bonds. The van der Waals surface area contributed by atoms with Gasteiger partial charge in [-0.15, -0.1) is 0 Å². The monoisotopic (exact) mass is 249 g/mol. The zero-order valence-corrected chi connectivity index (χ0v) is 11.4. The van der Waals surface area contributed by atoms with Crippen LogP contribution in [0.4, 0.5) is 0 Å². The number of hydrogen-bond donors (Lipinski definition) is 2. The lowest BCUT2D eigenvalue weighted by Gasteiger charge is -2.22. The molecule has 0 aromatic heterocycles. The van der Waals surface area contributed by atoms with Gasteiger partial charge in [-0.1, -0.05) is 17.7 Å². The Morgan fingerprint density at radius 1 is 1.11 bits per heavy atom. The van der Waals surface area contributed by atoms with Gasteiger partial charge in [0.15, 0.2) is 0 Å². The van der Waals surface area contributed by atoms with Crippen molar-refractivity contribution in [2.45, 2.75) is 40.2 Å². The quantitative estimate of drug-likeness (QED) is 0.863. The third-order valence-corrected chi connectivity index (χ3v) is 2.86. The molecule has 0 atom stereocenters. The fourth-order valence-electron chi connectivity index (χ4n) is 1.94. The van der Waals surface area contributed by atoms with E-state index in [2.05, 4.69) is 5.32 Å². The van der Waals surface area contributed by atoms with Crippen molar-refractivity contribution in [3.63, 3.8) is 0 Å². The van der Waals surface area contributed by atoms with Gasteiger partial charge in [0.25, 0.3) is 5.91 Å². The highest BCUT2D eigenvalue weighted by molar-refractivity contribution is 6.00. The summed E-state index contributed by atoms with van der Waals surface area (Å²) in [5, 5.41) is 11.5. The molecule has 18 heavy (non-hydrogen) atoms. The van der Waals surface area contributed by atoms with Gasteiger partial charge in [0, 0.05) is 5.56 Å². The minimum absolute atomic E-state index is 0.350. The Hall–Kier alpha value is -1.84. The van der Waals surface area contributed by atoms with E-state index in [9.17, 15) is 9.59 Å². The number of hydrogen-bond acceptors (Lipinski definition) is 2. The van der Waals surface area contributed by atoms with Crippen LogP contribution in [0.15, 0.2) is 12.1 Å². The van der Waals surface area contributed by atoms with Gasteiger partial charge in [-0.3, -0.25) is 4.79 Å². The number of amides is 1. The van der Waals surface area contributed by atoms with Crippen molar-refractivity contribution in [1.29, 1.82) is 0 Å². The first-order valence-electron chi connectivity index (χ1n) is 5.79. The molecule has 0 saturated heterocycles. The molecule has 4 nitrogen and oxygen atoms in total. The first-order chi connectivity index (χ1) is 8.15. The van der Waals surface area contributed by atoms with Crippen molar-refractivity contribution in [3.05, 3.63) is 34.4 Å². The van der Waals surface area contributed by atoms with E-state index in [-0.39, 0.29) is 5.91 Å². The van der Waals surface area contributed by atoms with Gasteiger partial charge in [0.05, 0.1) is 0 Å². The van der Waals surface area contributed by atoms with Gasteiger partial charge in [0.1, 0.15) is 5.54 Å². The third kappa shape index (κ3) is 2.88. The fraction of sp³-hybridized carbons (Fsp3) is 0.429. The van der Waals surface area contributed by atoms with Crippen LogP contribution >= 0.6 is 0 Å². The van der Waals surface area contributed by atoms with Crippen LogP contribution < -0.4 is 5.32 Å². The van der Waals surface area contributed by atoms with Gasteiger partial charge >= 0.3 is 5.97 Å². The van der Waals surface area contributed by atoms with Crippen LogP contribution in [0.1, 0.15) is 40.9 Å². The molecule has 0 heterocycles. The summed E-state index contributed by atoms with van der Waals surface area (Å²) >= 11 is 0. The van der Waals surface area contributed by atoms with E-state index in [1.165, 1.54) is 13.8 Å². The first-order valence-corrected chi connectivity index (χ1v) is 5.79. The molecule has 0 unspecified atom stereocenters. The van der Waals surface area contributed by atoms with E-state index in [0.717, 1.165) is 16.7 Å². The molecule has 0 aliphatic rings. The van der Waals surface area contributed by atoms with E-state index in [4.69, 9.17) is 5.11 Å². The smallest absolute Gasteiger partial charge is 0.328 e. The molecule has 0 saturated carbocycles. The Labute approximate surface area is 107 Å². The maximum Gasteiger partial charge on any atom is 0.328 e. The number of carbonyl (C=O) groups is 2. The highest BCUT2D eigenvalue weighted by Crippen LogP contribution is 2.17. The van der Waals surface area contributed by atoms with Crippen molar-refractivity contribution < 1.29 is 14.7 Å². The Kier molecular flexibility index (Phi) is 3.79. The SMILES string of the molecule is Cc1cc(C)c(C(=O)NC(C)(C)C(=O)O)c(C)c1. The molecular weight excluding hydrogens is 230 g/mol. The van der Waals surface area contributed by atoms with Crippen LogP contribution in [-0.4, -0.2) is 22.5 Å². The highest BCUT2D eigenvalue weighted by Gasteiger charge is 2.30. The Bertz CT molecular complexity index is 481. The number of carboxylic acid groups (broad SMARTS) is 1. The average Bonchev–Trinajstić information content (AvgIpc) is 2.13. The summed E-state index contributed by atoms with van der Waals surface area (Å²) in [7, 11) is 0. The molecule has 98 valence electrons. The lowest BCUT2D eigenvalue weighted by Crippen LogP contribution is -2.49. The molecule has 1 aromatic carbocycles. The summed E-state index contributed by atoms with van der Waals surface area (Å²) in [6.07, 6.45) is 0. The fourth-order valence-corrected chi connectivity index (χ4v) is 1.94. The lowest BCUT2D eigenvalue weighted by molar-refractivity contribution is -0.143. The molecule has 0 bridgehead atoms. The number of nitrogens with one attached hydrogen (secondary N) is 1. The number of aliphatic carboxylic acids is 1. The molecule has 0 fully saturated rings. The molecule has 0 aliphatic carbocycles. The largest absolute Gasteiger partial charge is 0.480 e. The van der Waals surface area contributed by atoms with Crippen molar-refractivity contribution in [2.75, 3.05) is 0 Å². The number of benzene rings is 1. The normalized spacial score (nSPS) is 11.2. The maximum atomic E-state index is 12.1. The van der Waals surface area contributed by atoms with Gasteiger partial charge < -0.3 is 10.4 Å². The molecule has 4 heteroatoms. The van der Waals surface area contributed by atoms with Crippen LogP contribution in [0.5, 0.6) is 0 Å². The zero-order chi connectivity index (χ0) is 14.1. The number of aryl methyl sites for hydroxylation is 3. The summed E-state index contributed by atoms with van der Waals surface area (Å²) in [4.78, 5) is 23.1. The molecule has 1 aromatic rings. The second kappa shape index (κ2) is 4.80. The van der Waals surface area contributed by atoms with Crippen molar-refractivity contribution >= 4 is 11.9 Å².